The van der Waals surface area contributed by atoms with Crippen LogP contribution in [0.3, 0.4) is 0 Å². The fourth-order valence-electron chi connectivity index (χ4n) is 1.57. The Kier molecular flexibility index (Phi) is 2.74. The molecule has 0 spiro atoms. The van der Waals surface area contributed by atoms with Crippen LogP contribution in [0.5, 0.6) is 0 Å². The third-order valence-electron chi connectivity index (χ3n) is 2.25. The molecule has 1 saturated heterocycles. The minimum Gasteiger partial charge on any atom is -0.371 e. The zero-order chi connectivity index (χ0) is 9.97. The van der Waals surface area contributed by atoms with Gasteiger partial charge in [0.05, 0.1) is 12.2 Å². The number of hydrogen-bond donors (Lipinski definition) is 1. The van der Waals surface area contributed by atoms with Crippen molar-refractivity contribution in [2.24, 2.45) is 0 Å². The lowest BCUT2D eigenvalue weighted by molar-refractivity contribution is 0.0232. The summed E-state index contributed by atoms with van der Waals surface area (Å²) in [7, 11) is 0. The molecule has 4 heteroatoms. The van der Waals surface area contributed by atoms with Gasteiger partial charge in [-0.15, -0.1) is 0 Å². The molecule has 1 heterocycles. The van der Waals surface area contributed by atoms with Crippen LogP contribution in [-0.2, 0) is 4.74 Å². The zero-order valence-corrected chi connectivity index (χ0v) is 7.59. The first kappa shape index (κ1) is 9.55. The Morgan fingerprint density at radius 2 is 2.00 bits per heavy atom. The lowest BCUT2D eigenvalue weighted by Crippen LogP contribution is -2.34. The Labute approximate surface area is 80.9 Å². The highest BCUT2D eigenvalue weighted by molar-refractivity contribution is 5.22. The average molecular weight is 199 g/mol. The molecule has 1 aliphatic rings. The van der Waals surface area contributed by atoms with E-state index >= 15 is 0 Å². The Balaban J connectivity index is 2.29. The third kappa shape index (κ3) is 1.76. The van der Waals surface area contributed by atoms with Crippen LogP contribution in [0.4, 0.5) is 8.78 Å². The van der Waals surface area contributed by atoms with E-state index in [4.69, 9.17) is 4.74 Å². The van der Waals surface area contributed by atoms with E-state index < -0.39 is 17.7 Å². The molecular weight excluding hydrogens is 188 g/mol. The summed E-state index contributed by atoms with van der Waals surface area (Å²) >= 11 is 0. The molecule has 1 atom stereocenters. The molecule has 0 amide bonds. The fraction of sp³-hybridized carbons (Fsp3) is 0.400. The smallest absolute Gasteiger partial charge is 0.132 e. The van der Waals surface area contributed by atoms with Crippen LogP contribution in [-0.4, -0.2) is 19.7 Å². The van der Waals surface area contributed by atoms with Gasteiger partial charge in [0, 0.05) is 13.1 Å². The summed E-state index contributed by atoms with van der Waals surface area (Å²) in [4.78, 5) is 0. The summed E-state index contributed by atoms with van der Waals surface area (Å²) in [5.74, 6) is -1.09. The lowest BCUT2D eigenvalue weighted by Gasteiger charge is -2.24. The minimum atomic E-state index is -0.543. The Hall–Kier alpha value is -1.00. The van der Waals surface area contributed by atoms with Crippen LogP contribution >= 0.6 is 0 Å². The van der Waals surface area contributed by atoms with Crippen molar-refractivity contribution in [2.45, 2.75) is 6.10 Å². The molecule has 0 unspecified atom stereocenters. The van der Waals surface area contributed by atoms with Crippen molar-refractivity contribution in [1.29, 1.82) is 0 Å². The second kappa shape index (κ2) is 4.02. The summed E-state index contributed by atoms with van der Waals surface area (Å²) in [5, 5.41) is 3.03. The van der Waals surface area contributed by atoms with Gasteiger partial charge in [0.25, 0.3) is 0 Å². The summed E-state index contributed by atoms with van der Waals surface area (Å²) < 4.78 is 31.9. The molecule has 1 N–H and O–H groups in total. The Morgan fingerprint density at radius 3 is 2.57 bits per heavy atom. The molecule has 0 aliphatic carbocycles. The van der Waals surface area contributed by atoms with Gasteiger partial charge < -0.3 is 10.1 Å². The lowest BCUT2D eigenvalue weighted by atomic mass is 10.1. The van der Waals surface area contributed by atoms with Crippen LogP contribution in [0.1, 0.15) is 11.7 Å². The summed E-state index contributed by atoms with van der Waals surface area (Å²) in [6, 6.07) is 3.84. The minimum absolute atomic E-state index is 0.0275. The second-order valence-corrected chi connectivity index (χ2v) is 3.20. The highest BCUT2D eigenvalue weighted by Crippen LogP contribution is 2.24. The molecule has 1 fully saturated rings. The number of morpholine rings is 1. The SMILES string of the molecule is Fc1cccc(F)c1[C@H]1CNCCO1. The summed E-state index contributed by atoms with van der Waals surface area (Å²) in [6.45, 7) is 1.67. The maximum atomic E-state index is 13.3. The van der Waals surface area contributed by atoms with Crippen molar-refractivity contribution >= 4 is 0 Å². The zero-order valence-electron chi connectivity index (χ0n) is 7.59. The number of ether oxygens (including phenoxy) is 1. The fourth-order valence-corrected chi connectivity index (χ4v) is 1.57. The predicted molar refractivity (Wildman–Crippen MR) is 47.9 cm³/mol. The van der Waals surface area contributed by atoms with E-state index in [2.05, 4.69) is 5.32 Å². The van der Waals surface area contributed by atoms with Crippen LogP contribution in [0.2, 0.25) is 0 Å². The summed E-state index contributed by atoms with van der Waals surface area (Å²) in [5.41, 5.74) is 0.0275. The standard InChI is InChI=1S/C10H11F2NO/c11-7-2-1-3-8(12)10(7)9-6-13-4-5-14-9/h1-3,9,13H,4-6H2/t9-/m1/s1. The van der Waals surface area contributed by atoms with E-state index in [1.165, 1.54) is 18.2 Å². The number of hydrogen-bond acceptors (Lipinski definition) is 2. The van der Waals surface area contributed by atoms with Crippen LogP contribution in [0, 0.1) is 11.6 Å². The van der Waals surface area contributed by atoms with Crippen molar-refractivity contribution in [1.82, 2.24) is 5.32 Å². The quantitative estimate of drug-likeness (QED) is 0.742. The molecule has 1 aromatic rings. The summed E-state index contributed by atoms with van der Waals surface area (Å²) in [6.07, 6.45) is -0.509. The molecule has 1 aromatic carbocycles. The maximum absolute atomic E-state index is 13.3. The van der Waals surface area contributed by atoms with Gasteiger partial charge >= 0.3 is 0 Å². The largest absolute Gasteiger partial charge is 0.371 e. The van der Waals surface area contributed by atoms with Crippen molar-refractivity contribution in [2.75, 3.05) is 19.7 Å². The first-order valence-electron chi connectivity index (χ1n) is 4.55. The molecule has 0 aromatic heterocycles. The van der Waals surface area contributed by atoms with Gasteiger partial charge in [0.2, 0.25) is 0 Å². The molecule has 0 bridgehead atoms. The molecule has 0 radical (unpaired) electrons. The van der Waals surface area contributed by atoms with Gasteiger partial charge in [0.15, 0.2) is 0 Å². The number of halogens is 2. The molecule has 76 valence electrons. The van der Waals surface area contributed by atoms with E-state index in [1.807, 2.05) is 0 Å². The van der Waals surface area contributed by atoms with Crippen molar-refractivity contribution in [3.63, 3.8) is 0 Å². The highest BCUT2D eigenvalue weighted by Gasteiger charge is 2.22. The first-order valence-corrected chi connectivity index (χ1v) is 4.55. The van der Waals surface area contributed by atoms with Crippen molar-refractivity contribution in [3.05, 3.63) is 35.4 Å². The topological polar surface area (TPSA) is 21.3 Å². The van der Waals surface area contributed by atoms with Gasteiger partial charge in [0.1, 0.15) is 17.7 Å². The van der Waals surface area contributed by atoms with Crippen LogP contribution in [0.15, 0.2) is 18.2 Å². The third-order valence-corrected chi connectivity index (χ3v) is 2.25. The normalized spacial score (nSPS) is 22.3. The predicted octanol–water partition coefficient (Wildman–Crippen LogP) is 1.63. The molecule has 2 nitrogen and oxygen atoms in total. The van der Waals surface area contributed by atoms with Gasteiger partial charge in [-0.2, -0.15) is 0 Å². The van der Waals surface area contributed by atoms with E-state index in [-0.39, 0.29) is 5.56 Å². The number of benzene rings is 1. The molecule has 2 rings (SSSR count). The van der Waals surface area contributed by atoms with Crippen molar-refractivity contribution in [3.8, 4) is 0 Å². The molecule has 14 heavy (non-hydrogen) atoms. The number of nitrogens with one attached hydrogen (secondary N) is 1. The second-order valence-electron chi connectivity index (χ2n) is 3.20. The Bertz CT molecular complexity index is 304. The van der Waals surface area contributed by atoms with E-state index in [0.29, 0.717) is 13.2 Å². The maximum Gasteiger partial charge on any atom is 0.132 e. The monoisotopic (exact) mass is 199 g/mol. The van der Waals surface area contributed by atoms with E-state index in [0.717, 1.165) is 6.54 Å². The number of rotatable bonds is 1. The molecule has 1 aliphatic heterocycles. The van der Waals surface area contributed by atoms with Crippen LogP contribution in [0.25, 0.3) is 0 Å². The van der Waals surface area contributed by atoms with E-state index in [9.17, 15) is 8.78 Å². The van der Waals surface area contributed by atoms with Gasteiger partial charge in [-0.05, 0) is 12.1 Å². The highest BCUT2D eigenvalue weighted by atomic mass is 19.1. The Morgan fingerprint density at radius 1 is 1.29 bits per heavy atom. The van der Waals surface area contributed by atoms with Gasteiger partial charge in [-0.3, -0.25) is 0 Å². The first-order chi connectivity index (χ1) is 6.79. The van der Waals surface area contributed by atoms with Crippen molar-refractivity contribution < 1.29 is 13.5 Å². The average Bonchev–Trinajstić information content (AvgIpc) is 2.19. The van der Waals surface area contributed by atoms with Gasteiger partial charge in [-0.25, -0.2) is 8.78 Å². The van der Waals surface area contributed by atoms with E-state index in [1.54, 1.807) is 0 Å². The molecule has 0 saturated carbocycles. The van der Waals surface area contributed by atoms with Crippen LogP contribution < -0.4 is 5.32 Å². The van der Waals surface area contributed by atoms with Gasteiger partial charge in [-0.1, -0.05) is 6.07 Å². The molecular formula is C10H11F2NO.